The van der Waals surface area contributed by atoms with E-state index >= 15 is 0 Å². The van der Waals surface area contributed by atoms with Gasteiger partial charge >= 0.3 is 10.1 Å². The maximum absolute atomic E-state index is 13.0. The average Bonchev–Trinajstić information content (AvgIpc) is 2.87. The summed E-state index contributed by atoms with van der Waals surface area (Å²) in [6.45, 7) is 1.88. The Morgan fingerprint density at radius 1 is 0.857 bits per heavy atom. The van der Waals surface area contributed by atoms with Crippen LogP contribution in [0, 0.1) is 18.3 Å². The van der Waals surface area contributed by atoms with Crippen molar-refractivity contribution in [2.45, 2.75) is 11.8 Å². The molecule has 0 saturated heterocycles. The van der Waals surface area contributed by atoms with Gasteiger partial charge in [-0.25, -0.2) is 0 Å². The van der Waals surface area contributed by atoms with Crippen LogP contribution in [0.15, 0.2) is 83.8 Å². The molecule has 6 nitrogen and oxygen atoms in total. The maximum atomic E-state index is 13.0. The Balaban J connectivity index is 1.87. The third-order valence-electron chi connectivity index (χ3n) is 5.54. The van der Waals surface area contributed by atoms with Crippen LogP contribution in [-0.2, 0) is 10.1 Å². The van der Waals surface area contributed by atoms with Crippen molar-refractivity contribution in [3.8, 4) is 23.3 Å². The summed E-state index contributed by atoms with van der Waals surface area (Å²) >= 11 is 0. The van der Waals surface area contributed by atoms with Gasteiger partial charge in [0.2, 0.25) is 0 Å². The first-order valence-electron chi connectivity index (χ1n) is 10.7. The van der Waals surface area contributed by atoms with Crippen LogP contribution in [0.25, 0.3) is 22.4 Å². The minimum Gasteiger partial charge on any atom is -0.493 e. The predicted octanol–water partition coefficient (Wildman–Crippen LogP) is 6.00. The van der Waals surface area contributed by atoms with E-state index in [0.717, 1.165) is 16.3 Å². The van der Waals surface area contributed by atoms with Crippen molar-refractivity contribution in [3.05, 3.63) is 95.6 Å². The first-order valence-corrected chi connectivity index (χ1v) is 12.1. The standard InChI is InChI=1S/C28H23NO5S/c1-19-8-12-23(13-9-19)35(30,31)34-26-14-10-20-6-4-5-7-24(20)25(26)16-22(18-29)21-11-15-27(32-2)28(17-21)33-3/h4-17H,1-3H3/b22-16+. The van der Waals surface area contributed by atoms with Crippen LogP contribution in [0.4, 0.5) is 0 Å². The number of allylic oxidation sites excluding steroid dienone is 1. The second-order valence-electron chi connectivity index (χ2n) is 7.79. The van der Waals surface area contributed by atoms with Gasteiger partial charge in [-0.15, -0.1) is 0 Å². The third-order valence-corrected chi connectivity index (χ3v) is 6.79. The summed E-state index contributed by atoms with van der Waals surface area (Å²) in [5.41, 5.74) is 2.31. The number of benzene rings is 4. The number of methoxy groups -OCH3 is 2. The Morgan fingerprint density at radius 2 is 1.54 bits per heavy atom. The van der Waals surface area contributed by atoms with E-state index in [1.807, 2.05) is 31.2 Å². The third kappa shape index (κ3) is 4.98. The number of hydrogen-bond donors (Lipinski definition) is 0. The van der Waals surface area contributed by atoms with E-state index in [4.69, 9.17) is 13.7 Å². The van der Waals surface area contributed by atoms with Crippen molar-refractivity contribution in [2.24, 2.45) is 0 Å². The van der Waals surface area contributed by atoms with Gasteiger partial charge < -0.3 is 13.7 Å². The highest BCUT2D eigenvalue weighted by molar-refractivity contribution is 7.87. The van der Waals surface area contributed by atoms with E-state index in [1.54, 1.807) is 48.5 Å². The summed E-state index contributed by atoms with van der Waals surface area (Å²) in [5, 5.41) is 11.6. The summed E-state index contributed by atoms with van der Waals surface area (Å²) in [6.07, 6.45) is 1.63. The number of ether oxygens (including phenoxy) is 2. The molecule has 0 aromatic heterocycles. The predicted molar refractivity (Wildman–Crippen MR) is 136 cm³/mol. The van der Waals surface area contributed by atoms with Gasteiger partial charge in [0.25, 0.3) is 0 Å². The van der Waals surface area contributed by atoms with Gasteiger partial charge in [0.15, 0.2) is 17.2 Å². The van der Waals surface area contributed by atoms with Crippen molar-refractivity contribution < 1.29 is 22.1 Å². The van der Waals surface area contributed by atoms with Crippen LogP contribution >= 0.6 is 0 Å². The monoisotopic (exact) mass is 485 g/mol. The number of nitrogens with zero attached hydrogens (tertiary/aromatic N) is 1. The molecule has 0 fully saturated rings. The van der Waals surface area contributed by atoms with Gasteiger partial charge in [-0.1, -0.05) is 48.0 Å². The van der Waals surface area contributed by atoms with Crippen LogP contribution < -0.4 is 13.7 Å². The van der Waals surface area contributed by atoms with E-state index in [9.17, 15) is 13.7 Å². The molecular weight excluding hydrogens is 462 g/mol. The molecule has 0 aliphatic heterocycles. The molecule has 0 saturated carbocycles. The van der Waals surface area contributed by atoms with Gasteiger partial charge in [-0.05, 0) is 65.7 Å². The van der Waals surface area contributed by atoms with E-state index in [0.29, 0.717) is 28.2 Å². The second kappa shape index (κ2) is 9.92. The van der Waals surface area contributed by atoms with Gasteiger partial charge in [0.05, 0.1) is 25.9 Å². The fraction of sp³-hybridized carbons (Fsp3) is 0.107. The van der Waals surface area contributed by atoms with Crippen molar-refractivity contribution >= 4 is 32.5 Å². The molecule has 0 radical (unpaired) electrons. The fourth-order valence-corrected chi connectivity index (χ4v) is 4.64. The number of nitriles is 1. The van der Waals surface area contributed by atoms with Gasteiger partial charge in [-0.2, -0.15) is 13.7 Å². The zero-order chi connectivity index (χ0) is 25.0. The smallest absolute Gasteiger partial charge is 0.339 e. The lowest BCUT2D eigenvalue weighted by Crippen LogP contribution is -2.10. The van der Waals surface area contributed by atoms with Crippen LogP contribution in [-0.4, -0.2) is 22.6 Å². The van der Waals surface area contributed by atoms with E-state index in [2.05, 4.69) is 6.07 Å². The summed E-state index contributed by atoms with van der Waals surface area (Å²) in [7, 11) is -1.04. The van der Waals surface area contributed by atoms with Crippen LogP contribution in [0.1, 0.15) is 16.7 Å². The normalized spacial score (nSPS) is 11.7. The van der Waals surface area contributed by atoms with Crippen molar-refractivity contribution in [1.82, 2.24) is 0 Å². The van der Waals surface area contributed by atoms with Gasteiger partial charge in [-0.3, -0.25) is 0 Å². The van der Waals surface area contributed by atoms with Crippen LogP contribution in [0.2, 0.25) is 0 Å². The summed E-state index contributed by atoms with van der Waals surface area (Å²) < 4.78 is 42.4. The van der Waals surface area contributed by atoms with E-state index in [-0.39, 0.29) is 10.6 Å². The average molecular weight is 486 g/mol. The molecule has 4 aromatic rings. The molecule has 0 bridgehead atoms. The Morgan fingerprint density at radius 3 is 2.23 bits per heavy atom. The summed E-state index contributed by atoms with van der Waals surface area (Å²) in [4.78, 5) is 0.0478. The Labute approximate surface area is 204 Å². The van der Waals surface area contributed by atoms with E-state index < -0.39 is 10.1 Å². The largest absolute Gasteiger partial charge is 0.493 e. The topological polar surface area (TPSA) is 85.6 Å². The fourth-order valence-electron chi connectivity index (χ4n) is 3.70. The molecule has 0 amide bonds. The number of aryl methyl sites for hydroxylation is 1. The molecule has 0 N–H and O–H groups in total. The molecular formula is C28H23NO5S. The number of fused-ring (bicyclic) bond motifs is 1. The maximum Gasteiger partial charge on any atom is 0.339 e. The molecule has 0 spiro atoms. The molecule has 0 aliphatic rings. The molecule has 176 valence electrons. The van der Waals surface area contributed by atoms with Gasteiger partial charge in [0.1, 0.15) is 4.90 Å². The zero-order valence-electron chi connectivity index (χ0n) is 19.5. The highest BCUT2D eigenvalue weighted by Crippen LogP contribution is 2.35. The molecule has 0 heterocycles. The van der Waals surface area contributed by atoms with Crippen molar-refractivity contribution in [1.29, 1.82) is 5.26 Å². The Bertz CT molecular complexity index is 1570. The highest BCUT2D eigenvalue weighted by atomic mass is 32.2. The lowest BCUT2D eigenvalue weighted by atomic mass is 9.98. The minimum absolute atomic E-state index is 0.0478. The first kappa shape index (κ1) is 23.9. The molecule has 0 atom stereocenters. The van der Waals surface area contributed by atoms with Crippen molar-refractivity contribution in [2.75, 3.05) is 14.2 Å². The highest BCUT2D eigenvalue weighted by Gasteiger charge is 2.20. The molecule has 4 aromatic carbocycles. The van der Waals surface area contributed by atoms with Crippen LogP contribution in [0.5, 0.6) is 17.2 Å². The lowest BCUT2D eigenvalue weighted by molar-refractivity contribution is 0.355. The van der Waals surface area contributed by atoms with Gasteiger partial charge in [0, 0.05) is 5.56 Å². The quantitative estimate of drug-likeness (QED) is 0.181. The number of hydrogen-bond acceptors (Lipinski definition) is 6. The minimum atomic E-state index is -4.10. The first-order chi connectivity index (χ1) is 16.9. The van der Waals surface area contributed by atoms with Crippen molar-refractivity contribution in [3.63, 3.8) is 0 Å². The SMILES string of the molecule is COc1ccc(/C(C#N)=C/c2c(OS(=O)(=O)c3ccc(C)cc3)ccc3ccccc23)cc1OC. The molecule has 0 unspecified atom stereocenters. The molecule has 7 heteroatoms. The number of rotatable bonds is 7. The lowest BCUT2D eigenvalue weighted by Gasteiger charge is -2.13. The second-order valence-corrected chi connectivity index (χ2v) is 9.33. The van der Waals surface area contributed by atoms with E-state index in [1.165, 1.54) is 26.4 Å². The Kier molecular flexibility index (Phi) is 6.76. The zero-order valence-corrected chi connectivity index (χ0v) is 20.3. The molecule has 4 rings (SSSR count). The summed E-state index contributed by atoms with van der Waals surface area (Å²) in [5.74, 6) is 1.13. The molecule has 35 heavy (non-hydrogen) atoms. The summed E-state index contributed by atoms with van der Waals surface area (Å²) in [6, 6.07) is 24.7. The molecule has 0 aliphatic carbocycles. The Hall–Kier alpha value is -4.28. The van der Waals surface area contributed by atoms with Crippen LogP contribution in [0.3, 0.4) is 0 Å².